The average Bonchev–Trinajstić information content (AvgIpc) is 2.45. The van der Waals surface area contributed by atoms with Crippen molar-refractivity contribution in [3.05, 3.63) is 27.9 Å². The number of pyridine rings is 1. The zero-order valence-electron chi connectivity index (χ0n) is 13.0. The van der Waals surface area contributed by atoms with E-state index >= 15 is 0 Å². The van der Waals surface area contributed by atoms with E-state index in [1.165, 1.54) is 12.6 Å². The molecular weight excluding hydrogens is 268 g/mol. The maximum atomic E-state index is 10.8. The second kappa shape index (κ2) is 6.85. The van der Waals surface area contributed by atoms with Gasteiger partial charge < -0.3 is 10.2 Å². The predicted molar refractivity (Wildman–Crippen MR) is 83.7 cm³/mol. The number of piperidine rings is 1. The first-order valence-corrected chi connectivity index (χ1v) is 7.56. The van der Waals surface area contributed by atoms with Crippen LogP contribution in [0.5, 0.6) is 0 Å². The molecule has 1 N–H and O–H groups in total. The molecule has 2 rings (SSSR count). The van der Waals surface area contributed by atoms with E-state index in [4.69, 9.17) is 0 Å². The maximum Gasteiger partial charge on any atom is 0.287 e. The lowest BCUT2D eigenvalue weighted by atomic mass is 9.97. The lowest BCUT2D eigenvalue weighted by Gasteiger charge is -2.34. The topological polar surface area (TPSA) is 71.3 Å². The number of anilines is 1. The minimum Gasteiger partial charge on any atom is -0.356 e. The highest BCUT2D eigenvalue weighted by Gasteiger charge is 2.23. The largest absolute Gasteiger partial charge is 0.356 e. The first kappa shape index (κ1) is 15.7. The Hall–Kier alpha value is -1.69. The summed E-state index contributed by atoms with van der Waals surface area (Å²) in [4.78, 5) is 17.0. The van der Waals surface area contributed by atoms with E-state index < -0.39 is 4.92 Å². The first-order valence-electron chi connectivity index (χ1n) is 7.56. The molecule has 0 amide bonds. The molecule has 0 aromatic carbocycles. The molecule has 1 aromatic rings. The number of nitro groups is 1. The number of nitrogens with zero attached hydrogens (tertiary/aromatic N) is 3. The van der Waals surface area contributed by atoms with Crippen molar-refractivity contribution in [2.75, 3.05) is 24.5 Å². The van der Waals surface area contributed by atoms with Gasteiger partial charge in [0.05, 0.1) is 4.92 Å². The van der Waals surface area contributed by atoms with E-state index in [0.717, 1.165) is 37.4 Å². The third kappa shape index (κ3) is 4.14. The summed E-state index contributed by atoms with van der Waals surface area (Å²) in [6.45, 7) is 9.16. The summed E-state index contributed by atoms with van der Waals surface area (Å²) < 4.78 is 0. The van der Waals surface area contributed by atoms with Gasteiger partial charge in [0.25, 0.3) is 5.69 Å². The lowest BCUT2D eigenvalue weighted by molar-refractivity contribution is -0.385. The Kier molecular flexibility index (Phi) is 5.12. The van der Waals surface area contributed by atoms with Crippen molar-refractivity contribution in [2.45, 2.75) is 39.7 Å². The standard InChI is InChI=1S/C15H24N4O2/c1-11(2)16-8-13-5-4-6-18(10-13)15-12(3)7-14(9-17-15)19(20)21/h7,9,11,13,16H,4-6,8,10H2,1-3H3. The molecule has 0 bridgehead atoms. The molecule has 21 heavy (non-hydrogen) atoms. The molecule has 0 radical (unpaired) electrons. The summed E-state index contributed by atoms with van der Waals surface area (Å²) in [7, 11) is 0. The number of rotatable bonds is 5. The minimum atomic E-state index is -0.394. The molecule has 1 aromatic heterocycles. The van der Waals surface area contributed by atoms with E-state index in [1.807, 2.05) is 6.92 Å². The highest BCUT2D eigenvalue weighted by Crippen LogP contribution is 2.26. The first-order chi connectivity index (χ1) is 9.97. The molecule has 1 aliphatic rings. The van der Waals surface area contributed by atoms with Crippen LogP contribution in [0.15, 0.2) is 12.3 Å². The number of aromatic nitrogens is 1. The monoisotopic (exact) mass is 292 g/mol. The SMILES string of the molecule is Cc1cc([N+](=O)[O-])cnc1N1CCCC(CNC(C)C)C1. The summed E-state index contributed by atoms with van der Waals surface area (Å²) in [5, 5.41) is 14.3. The highest BCUT2D eigenvalue weighted by atomic mass is 16.6. The summed E-state index contributed by atoms with van der Waals surface area (Å²) in [5.74, 6) is 1.49. The Labute approximate surface area is 125 Å². The second-order valence-electron chi connectivity index (χ2n) is 6.11. The summed E-state index contributed by atoms with van der Waals surface area (Å²) >= 11 is 0. The van der Waals surface area contributed by atoms with Gasteiger partial charge in [-0.3, -0.25) is 10.1 Å². The van der Waals surface area contributed by atoms with Crippen LogP contribution >= 0.6 is 0 Å². The van der Waals surface area contributed by atoms with Crippen LogP contribution in [0.3, 0.4) is 0 Å². The van der Waals surface area contributed by atoms with Crippen LogP contribution in [0.2, 0.25) is 0 Å². The normalized spacial score (nSPS) is 19.0. The fourth-order valence-electron chi connectivity index (χ4n) is 2.81. The molecular formula is C15H24N4O2. The van der Waals surface area contributed by atoms with Gasteiger partial charge in [-0.05, 0) is 37.8 Å². The van der Waals surface area contributed by atoms with Gasteiger partial charge in [0, 0.05) is 25.2 Å². The van der Waals surface area contributed by atoms with Gasteiger partial charge >= 0.3 is 0 Å². The zero-order chi connectivity index (χ0) is 15.4. The van der Waals surface area contributed by atoms with Crippen LogP contribution in [-0.2, 0) is 0 Å². The van der Waals surface area contributed by atoms with Gasteiger partial charge in [-0.15, -0.1) is 0 Å². The number of hydrogen-bond acceptors (Lipinski definition) is 5. The van der Waals surface area contributed by atoms with Gasteiger partial charge in [0.15, 0.2) is 0 Å². The van der Waals surface area contributed by atoms with Gasteiger partial charge in [0.2, 0.25) is 0 Å². The third-order valence-electron chi connectivity index (χ3n) is 3.88. The molecule has 116 valence electrons. The van der Waals surface area contributed by atoms with Gasteiger partial charge in [-0.2, -0.15) is 0 Å². The molecule has 0 aliphatic carbocycles. The molecule has 1 aliphatic heterocycles. The van der Waals surface area contributed by atoms with E-state index in [-0.39, 0.29) is 5.69 Å². The Balaban J connectivity index is 2.05. The van der Waals surface area contributed by atoms with Gasteiger partial charge in [-0.1, -0.05) is 13.8 Å². The Morgan fingerprint density at radius 2 is 2.33 bits per heavy atom. The van der Waals surface area contributed by atoms with Crippen LogP contribution < -0.4 is 10.2 Å². The van der Waals surface area contributed by atoms with Crippen LogP contribution in [0.4, 0.5) is 11.5 Å². The number of hydrogen-bond donors (Lipinski definition) is 1. The molecule has 1 saturated heterocycles. The Morgan fingerprint density at radius 1 is 1.57 bits per heavy atom. The predicted octanol–water partition coefficient (Wildman–Crippen LogP) is 2.51. The lowest BCUT2D eigenvalue weighted by Crippen LogP contribution is -2.41. The molecule has 6 nitrogen and oxygen atoms in total. The van der Waals surface area contributed by atoms with E-state index in [9.17, 15) is 10.1 Å². The Morgan fingerprint density at radius 3 is 2.95 bits per heavy atom. The molecule has 0 spiro atoms. The van der Waals surface area contributed by atoms with Gasteiger partial charge in [-0.25, -0.2) is 4.98 Å². The zero-order valence-corrected chi connectivity index (χ0v) is 13.0. The molecule has 2 heterocycles. The third-order valence-corrected chi connectivity index (χ3v) is 3.88. The molecule has 1 unspecified atom stereocenters. The fourth-order valence-corrected chi connectivity index (χ4v) is 2.81. The van der Waals surface area contributed by atoms with E-state index in [0.29, 0.717) is 12.0 Å². The molecule has 1 fully saturated rings. The molecule has 0 saturated carbocycles. The quantitative estimate of drug-likeness (QED) is 0.667. The summed E-state index contributed by atoms with van der Waals surface area (Å²) in [5.41, 5.74) is 0.938. The van der Waals surface area contributed by atoms with E-state index in [1.54, 1.807) is 6.07 Å². The summed E-state index contributed by atoms with van der Waals surface area (Å²) in [6, 6.07) is 2.11. The molecule has 1 atom stereocenters. The van der Waals surface area contributed by atoms with Gasteiger partial charge in [0.1, 0.15) is 12.0 Å². The number of aryl methyl sites for hydroxylation is 1. The van der Waals surface area contributed by atoms with Crippen molar-refractivity contribution in [1.82, 2.24) is 10.3 Å². The van der Waals surface area contributed by atoms with Crippen molar-refractivity contribution in [2.24, 2.45) is 5.92 Å². The van der Waals surface area contributed by atoms with Crippen molar-refractivity contribution in [1.29, 1.82) is 0 Å². The fraction of sp³-hybridized carbons (Fsp3) is 0.667. The average molecular weight is 292 g/mol. The van der Waals surface area contributed by atoms with Crippen molar-refractivity contribution in [3.8, 4) is 0 Å². The van der Waals surface area contributed by atoms with Crippen LogP contribution in [-0.4, -0.2) is 35.6 Å². The maximum absolute atomic E-state index is 10.8. The number of nitrogens with one attached hydrogen (secondary N) is 1. The Bertz CT molecular complexity index is 504. The van der Waals surface area contributed by atoms with Crippen molar-refractivity contribution < 1.29 is 4.92 Å². The van der Waals surface area contributed by atoms with Crippen LogP contribution in [0, 0.1) is 23.0 Å². The van der Waals surface area contributed by atoms with Crippen molar-refractivity contribution in [3.63, 3.8) is 0 Å². The summed E-state index contributed by atoms with van der Waals surface area (Å²) in [6.07, 6.45) is 3.73. The van der Waals surface area contributed by atoms with Crippen LogP contribution in [0.25, 0.3) is 0 Å². The van der Waals surface area contributed by atoms with E-state index in [2.05, 4.69) is 29.0 Å². The molecule has 6 heteroatoms. The smallest absolute Gasteiger partial charge is 0.287 e. The minimum absolute atomic E-state index is 0.0614. The van der Waals surface area contributed by atoms with Crippen molar-refractivity contribution >= 4 is 11.5 Å². The van der Waals surface area contributed by atoms with Crippen LogP contribution in [0.1, 0.15) is 32.3 Å². The highest BCUT2D eigenvalue weighted by molar-refractivity contribution is 5.50. The second-order valence-corrected chi connectivity index (χ2v) is 6.11.